The van der Waals surface area contributed by atoms with E-state index in [9.17, 15) is 8.78 Å². The lowest BCUT2D eigenvalue weighted by Crippen LogP contribution is -2.32. The van der Waals surface area contributed by atoms with Crippen LogP contribution in [0, 0.1) is 11.6 Å². The van der Waals surface area contributed by atoms with E-state index in [-0.39, 0.29) is 34.4 Å². The van der Waals surface area contributed by atoms with Crippen LogP contribution < -0.4 is 21.3 Å². The third-order valence-electron chi connectivity index (χ3n) is 4.62. The summed E-state index contributed by atoms with van der Waals surface area (Å²) in [4.78, 5) is 8.26. The first-order valence-corrected chi connectivity index (χ1v) is 9.37. The van der Waals surface area contributed by atoms with E-state index in [2.05, 4.69) is 15.1 Å². The highest BCUT2D eigenvalue weighted by atomic mass is 19.1. The van der Waals surface area contributed by atoms with Crippen LogP contribution in [-0.4, -0.2) is 22.2 Å². The average molecular weight is 436 g/mol. The van der Waals surface area contributed by atoms with Crippen molar-refractivity contribution in [3.8, 4) is 17.1 Å². The summed E-state index contributed by atoms with van der Waals surface area (Å²) in [6.45, 7) is 0. The van der Waals surface area contributed by atoms with Gasteiger partial charge >= 0.3 is 0 Å². The smallest absolute Gasteiger partial charge is 0.276 e. The molecule has 8 nitrogen and oxygen atoms in total. The van der Waals surface area contributed by atoms with E-state index in [1.54, 1.807) is 24.3 Å². The Bertz CT molecular complexity index is 1280. The van der Waals surface area contributed by atoms with E-state index >= 15 is 0 Å². The Hall–Kier alpha value is -4.31. The number of halogens is 2. The lowest BCUT2D eigenvalue weighted by molar-refractivity contribution is 0.404. The molecule has 2 heterocycles. The Kier molecular flexibility index (Phi) is 5.77. The predicted octanol–water partition coefficient (Wildman–Crippen LogP) is 3.58. The first-order chi connectivity index (χ1) is 15.5. The summed E-state index contributed by atoms with van der Waals surface area (Å²) in [5.74, 6) is 5.53. The topological polar surface area (TPSA) is 116 Å². The molecule has 0 saturated heterocycles. The standard InChI is InChI=1S/C22H18F2N6O2/c1-31-18-7-6-14(23)12-15(18)21-28-22(32-29-21)19(25)20(13-8-10-27-11-9-13)30(26)17-5-3-2-4-16(17)24/h2-12H,25-26H2,1H3/b20-19-. The van der Waals surface area contributed by atoms with Crippen molar-refractivity contribution in [3.63, 3.8) is 0 Å². The summed E-state index contributed by atoms with van der Waals surface area (Å²) in [5.41, 5.74) is 7.44. The molecule has 0 aliphatic carbocycles. The highest BCUT2D eigenvalue weighted by Gasteiger charge is 2.23. The second kappa shape index (κ2) is 8.82. The molecular weight excluding hydrogens is 418 g/mol. The molecule has 4 N–H and O–H groups in total. The molecular formula is C22H18F2N6O2. The van der Waals surface area contributed by atoms with Gasteiger partial charge in [0.2, 0.25) is 5.82 Å². The molecule has 2 aromatic heterocycles. The van der Waals surface area contributed by atoms with E-state index in [4.69, 9.17) is 20.8 Å². The number of para-hydroxylation sites is 1. The first-order valence-electron chi connectivity index (χ1n) is 9.37. The molecule has 32 heavy (non-hydrogen) atoms. The van der Waals surface area contributed by atoms with Gasteiger partial charge in [0.25, 0.3) is 5.89 Å². The minimum atomic E-state index is -0.551. The second-order valence-electron chi connectivity index (χ2n) is 6.59. The van der Waals surface area contributed by atoms with Crippen molar-refractivity contribution >= 4 is 17.1 Å². The van der Waals surface area contributed by atoms with Crippen molar-refractivity contribution in [1.82, 2.24) is 15.1 Å². The highest BCUT2D eigenvalue weighted by Crippen LogP contribution is 2.32. The van der Waals surface area contributed by atoms with Crippen molar-refractivity contribution in [3.05, 3.63) is 90.1 Å². The van der Waals surface area contributed by atoms with Crippen LogP contribution in [-0.2, 0) is 0 Å². The molecule has 162 valence electrons. The van der Waals surface area contributed by atoms with Crippen LogP contribution in [0.3, 0.4) is 0 Å². The van der Waals surface area contributed by atoms with Crippen LogP contribution in [0.1, 0.15) is 11.5 Å². The van der Waals surface area contributed by atoms with Gasteiger partial charge in [-0.1, -0.05) is 17.3 Å². The van der Waals surface area contributed by atoms with Crippen LogP contribution in [0.15, 0.2) is 71.5 Å². The van der Waals surface area contributed by atoms with Gasteiger partial charge in [-0.15, -0.1) is 0 Å². The number of nitrogens with zero attached hydrogens (tertiary/aromatic N) is 4. The summed E-state index contributed by atoms with van der Waals surface area (Å²) in [7, 11) is 1.44. The number of pyridine rings is 1. The van der Waals surface area contributed by atoms with E-state index in [0.717, 1.165) is 5.01 Å². The molecule has 0 unspecified atom stereocenters. The first kappa shape index (κ1) is 20.9. The number of methoxy groups -OCH3 is 1. The number of aromatic nitrogens is 3. The van der Waals surface area contributed by atoms with Gasteiger partial charge in [-0.2, -0.15) is 4.98 Å². The Morgan fingerprint density at radius 2 is 1.81 bits per heavy atom. The van der Waals surface area contributed by atoms with Gasteiger partial charge in [0.05, 0.1) is 24.1 Å². The number of benzene rings is 2. The Morgan fingerprint density at radius 1 is 1.06 bits per heavy atom. The van der Waals surface area contributed by atoms with Crippen LogP contribution in [0.4, 0.5) is 14.5 Å². The Morgan fingerprint density at radius 3 is 2.53 bits per heavy atom. The molecule has 2 aromatic carbocycles. The van der Waals surface area contributed by atoms with Gasteiger partial charge in [0.15, 0.2) is 0 Å². The summed E-state index contributed by atoms with van der Waals surface area (Å²) in [5, 5.41) is 4.98. The third kappa shape index (κ3) is 3.98. The van der Waals surface area contributed by atoms with Crippen molar-refractivity contribution < 1.29 is 18.0 Å². The quantitative estimate of drug-likeness (QED) is 0.348. The molecule has 0 bridgehead atoms. The lowest BCUT2D eigenvalue weighted by atomic mass is 10.1. The third-order valence-corrected chi connectivity index (χ3v) is 4.62. The monoisotopic (exact) mass is 436 g/mol. The van der Waals surface area contributed by atoms with Gasteiger partial charge in [0.1, 0.15) is 23.1 Å². The molecule has 0 aliphatic rings. The Balaban J connectivity index is 1.85. The number of hydrogen-bond acceptors (Lipinski definition) is 8. The number of rotatable bonds is 6. The number of anilines is 1. The summed E-state index contributed by atoms with van der Waals surface area (Å²) in [6.07, 6.45) is 3.07. The zero-order chi connectivity index (χ0) is 22.7. The van der Waals surface area contributed by atoms with Gasteiger partial charge in [-0.05, 0) is 42.5 Å². The maximum Gasteiger partial charge on any atom is 0.276 e. The van der Waals surface area contributed by atoms with E-state index < -0.39 is 11.6 Å². The maximum atomic E-state index is 14.4. The minimum absolute atomic E-state index is 0.0175. The molecule has 0 atom stereocenters. The van der Waals surface area contributed by atoms with Crippen molar-refractivity contribution in [1.29, 1.82) is 0 Å². The van der Waals surface area contributed by atoms with Crippen molar-refractivity contribution in [2.24, 2.45) is 11.6 Å². The molecule has 0 fully saturated rings. The van der Waals surface area contributed by atoms with Crippen LogP contribution in [0.2, 0.25) is 0 Å². The number of nitrogens with two attached hydrogens (primary N) is 2. The Labute approximate surface area is 181 Å². The van der Waals surface area contributed by atoms with Crippen molar-refractivity contribution in [2.75, 3.05) is 12.1 Å². The molecule has 0 spiro atoms. The average Bonchev–Trinajstić information content (AvgIpc) is 3.30. The zero-order valence-electron chi connectivity index (χ0n) is 16.9. The van der Waals surface area contributed by atoms with Gasteiger partial charge in [0, 0.05) is 18.0 Å². The highest BCUT2D eigenvalue weighted by molar-refractivity contribution is 5.93. The van der Waals surface area contributed by atoms with Crippen LogP contribution >= 0.6 is 0 Å². The van der Waals surface area contributed by atoms with Crippen LogP contribution in [0.25, 0.3) is 22.8 Å². The zero-order valence-corrected chi connectivity index (χ0v) is 16.9. The molecule has 0 saturated carbocycles. The molecule has 0 aliphatic heterocycles. The van der Waals surface area contributed by atoms with Crippen LogP contribution in [0.5, 0.6) is 5.75 Å². The number of hydrazine groups is 1. The predicted molar refractivity (Wildman–Crippen MR) is 115 cm³/mol. The largest absolute Gasteiger partial charge is 0.496 e. The SMILES string of the molecule is COc1ccc(F)cc1-c1noc(/C(N)=C(\c2ccncc2)N(N)c2ccccc2F)n1. The van der Waals surface area contributed by atoms with E-state index in [1.165, 1.54) is 49.8 Å². The van der Waals surface area contributed by atoms with E-state index in [1.807, 2.05) is 0 Å². The lowest BCUT2D eigenvalue weighted by Gasteiger charge is -2.23. The summed E-state index contributed by atoms with van der Waals surface area (Å²) < 4.78 is 38.8. The van der Waals surface area contributed by atoms with Gasteiger partial charge in [-0.25, -0.2) is 14.6 Å². The molecule has 10 heteroatoms. The molecule has 4 aromatic rings. The fraction of sp³-hybridized carbons (Fsp3) is 0.0455. The molecule has 0 radical (unpaired) electrons. The normalized spacial score (nSPS) is 11.8. The van der Waals surface area contributed by atoms with Crippen molar-refractivity contribution in [2.45, 2.75) is 0 Å². The summed E-state index contributed by atoms with van der Waals surface area (Å²) in [6, 6.07) is 13.2. The van der Waals surface area contributed by atoms with Gasteiger partial charge < -0.3 is 15.0 Å². The summed E-state index contributed by atoms with van der Waals surface area (Å²) >= 11 is 0. The second-order valence-corrected chi connectivity index (χ2v) is 6.59. The number of ether oxygens (including phenoxy) is 1. The molecule has 0 amide bonds. The fourth-order valence-corrected chi connectivity index (χ4v) is 3.10. The molecule has 4 rings (SSSR count). The van der Waals surface area contributed by atoms with Gasteiger partial charge in [-0.3, -0.25) is 9.99 Å². The fourth-order valence-electron chi connectivity index (χ4n) is 3.10. The minimum Gasteiger partial charge on any atom is -0.496 e. The number of hydrogen-bond donors (Lipinski definition) is 2. The van der Waals surface area contributed by atoms with E-state index in [0.29, 0.717) is 11.3 Å². The maximum absolute atomic E-state index is 14.4.